The fourth-order valence-corrected chi connectivity index (χ4v) is 6.05. The summed E-state index contributed by atoms with van der Waals surface area (Å²) in [6, 6.07) is 15.4. The number of benzene rings is 3. The zero-order chi connectivity index (χ0) is 29.0. The molecule has 0 saturated carbocycles. The molecular formula is C39H60O2. The van der Waals surface area contributed by atoms with Crippen molar-refractivity contribution >= 4 is 21.5 Å². The van der Waals surface area contributed by atoms with Crippen molar-refractivity contribution in [3.8, 4) is 11.5 Å². The van der Waals surface area contributed by atoms with Gasteiger partial charge in [-0.25, -0.2) is 0 Å². The third-order valence-corrected chi connectivity index (χ3v) is 8.57. The number of fused-ring (bicyclic) bond motifs is 2. The molecule has 0 fully saturated rings. The molecule has 41 heavy (non-hydrogen) atoms. The minimum absolute atomic E-state index is 0.780. The summed E-state index contributed by atoms with van der Waals surface area (Å²) in [5.41, 5.74) is 1.26. The van der Waals surface area contributed by atoms with Crippen molar-refractivity contribution in [1.82, 2.24) is 0 Å². The summed E-state index contributed by atoms with van der Waals surface area (Å²) in [5, 5.41) is 4.72. The van der Waals surface area contributed by atoms with Crippen LogP contribution in [0.5, 0.6) is 11.5 Å². The number of unbranched alkanes of at least 4 members (excludes halogenated alkanes) is 18. The van der Waals surface area contributed by atoms with Crippen LogP contribution in [0, 0.1) is 6.92 Å². The standard InChI is InChI=1S/C39H60O2/c1-4-6-8-10-12-14-16-18-20-24-30-40-38-34-26-22-23-27-35(34)39(37-32-33(3)28-29-36(37)38)41-31-25-21-19-17-15-13-11-9-7-5-2/h22-23,26-29,32H,4-21,24-25,30-31H2,1-3H3. The Morgan fingerprint density at radius 3 is 1.22 bits per heavy atom. The molecule has 3 aromatic rings. The van der Waals surface area contributed by atoms with Crippen LogP contribution >= 0.6 is 0 Å². The van der Waals surface area contributed by atoms with E-state index in [4.69, 9.17) is 9.47 Å². The van der Waals surface area contributed by atoms with Crippen molar-refractivity contribution in [3.63, 3.8) is 0 Å². The summed E-state index contributed by atoms with van der Waals surface area (Å²) in [6.45, 7) is 8.31. The van der Waals surface area contributed by atoms with Gasteiger partial charge in [-0.1, -0.05) is 171 Å². The molecule has 228 valence electrons. The maximum absolute atomic E-state index is 6.57. The number of aryl methyl sites for hydroxylation is 1. The van der Waals surface area contributed by atoms with E-state index in [1.165, 1.54) is 143 Å². The minimum Gasteiger partial charge on any atom is -0.492 e. The minimum atomic E-state index is 0.780. The lowest BCUT2D eigenvalue weighted by Gasteiger charge is -2.18. The first-order valence-electron chi connectivity index (χ1n) is 17.5. The van der Waals surface area contributed by atoms with Crippen LogP contribution in [0.1, 0.15) is 148 Å². The number of hydrogen-bond donors (Lipinski definition) is 0. The van der Waals surface area contributed by atoms with Crippen LogP contribution in [0.2, 0.25) is 0 Å². The van der Waals surface area contributed by atoms with Gasteiger partial charge >= 0.3 is 0 Å². The maximum Gasteiger partial charge on any atom is 0.135 e. The van der Waals surface area contributed by atoms with Gasteiger partial charge in [-0.05, 0) is 25.8 Å². The van der Waals surface area contributed by atoms with Crippen LogP contribution in [-0.4, -0.2) is 13.2 Å². The van der Waals surface area contributed by atoms with Crippen molar-refractivity contribution in [2.24, 2.45) is 0 Å². The number of ether oxygens (including phenoxy) is 2. The van der Waals surface area contributed by atoms with Crippen molar-refractivity contribution in [2.45, 2.75) is 149 Å². The molecule has 0 radical (unpaired) electrons. The summed E-state index contributed by atoms with van der Waals surface area (Å²) < 4.78 is 13.1. The van der Waals surface area contributed by atoms with Crippen LogP contribution in [0.4, 0.5) is 0 Å². The van der Waals surface area contributed by atoms with E-state index in [0.29, 0.717) is 0 Å². The molecule has 3 aromatic carbocycles. The highest BCUT2D eigenvalue weighted by molar-refractivity contribution is 6.11. The first kappa shape index (κ1) is 33.3. The Bertz CT molecular complexity index is 1100. The van der Waals surface area contributed by atoms with Gasteiger partial charge in [-0.3, -0.25) is 0 Å². The normalized spacial score (nSPS) is 11.5. The fourth-order valence-electron chi connectivity index (χ4n) is 6.05. The zero-order valence-electron chi connectivity index (χ0n) is 26.9. The topological polar surface area (TPSA) is 18.5 Å². The molecule has 0 bridgehead atoms. The van der Waals surface area contributed by atoms with E-state index < -0.39 is 0 Å². The second kappa shape index (κ2) is 20.6. The zero-order valence-corrected chi connectivity index (χ0v) is 26.9. The molecule has 0 heterocycles. The number of hydrogen-bond acceptors (Lipinski definition) is 2. The summed E-state index contributed by atoms with van der Waals surface area (Å²) in [7, 11) is 0. The first-order valence-corrected chi connectivity index (χ1v) is 17.5. The molecule has 0 amide bonds. The molecule has 3 rings (SSSR count). The van der Waals surface area contributed by atoms with Gasteiger partial charge in [0.25, 0.3) is 0 Å². The Morgan fingerprint density at radius 1 is 0.415 bits per heavy atom. The maximum atomic E-state index is 6.57. The highest BCUT2D eigenvalue weighted by Gasteiger charge is 2.16. The second-order valence-electron chi connectivity index (χ2n) is 12.3. The van der Waals surface area contributed by atoms with Gasteiger partial charge in [0.2, 0.25) is 0 Å². The van der Waals surface area contributed by atoms with Gasteiger partial charge in [-0.2, -0.15) is 0 Å². The van der Waals surface area contributed by atoms with E-state index in [9.17, 15) is 0 Å². The molecule has 0 atom stereocenters. The van der Waals surface area contributed by atoms with E-state index in [1.54, 1.807) is 0 Å². The molecular weight excluding hydrogens is 500 g/mol. The monoisotopic (exact) mass is 560 g/mol. The average molecular weight is 561 g/mol. The Balaban J connectivity index is 1.52. The van der Waals surface area contributed by atoms with Crippen LogP contribution < -0.4 is 9.47 Å². The quantitative estimate of drug-likeness (QED) is 0.0801. The SMILES string of the molecule is CCCCCCCCCCCCOc1c2ccccc2c(OCCCCCCCCCCCC)c2cc(C)ccc12. The van der Waals surface area contributed by atoms with Crippen molar-refractivity contribution < 1.29 is 9.47 Å². The highest BCUT2D eigenvalue weighted by atomic mass is 16.5. The Hall–Kier alpha value is -2.22. The summed E-state index contributed by atoms with van der Waals surface area (Å²) in [4.78, 5) is 0. The molecule has 2 nitrogen and oxygen atoms in total. The molecule has 0 aliphatic rings. The van der Waals surface area contributed by atoms with E-state index in [1.807, 2.05) is 0 Å². The lowest BCUT2D eigenvalue weighted by Crippen LogP contribution is -2.02. The fraction of sp³-hybridized carbons (Fsp3) is 0.641. The third kappa shape index (κ3) is 11.9. The van der Waals surface area contributed by atoms with Crippen LogP contribution in [-0.2, 0) is 0 Å². The molecule has 2 heteroatoms. The number of rotatable bonds is 24. The van der Waals surface area contributed by atoms with Gasteiger partial charge in [-0.15, -0.1) is 0 Å². The Kier molecular flexibility index (Phi) is 16.7. The lowest BCUT2D eigenvalue weighted by molar-refractivity contribution is 0.306. The van der Waals surface area contributed by atoms with E-state index in [-0.39, 0.29) is 0 Å². The average Bonchev–Trinajstić information content (AvgIpc) is 2.99. The molecule has 0 unspecified atom stereocenters. The predicted molar refractivity (Wildman–Crippen MR) is 181 cm³/mol. The van der Waals surface area contributed by atoms with Crippen molar-refractivity contribution in [2.75, 3.05) is 13.2 Å². The molecule has 0 N–H and O–H groups in total. The van der Waals surface area contributed by atoms with E-state index in [0.717, 1.165) is 37.6 Å². The largest absolute Gasteiger partial charge is 0.492 e. The van der Waals surface area contributed by atoms with Crippen LogP contribution in [0.25, 0.3) is 21.5 Å². The molecule has 0 spiro atoms. The molecule has 0 aromatic heterocycles. The van der Waals surface area contributed by atoms with Gasteiger partial charge < -0.3 is 9.47 Å². The van der Waals surface area contributed by atoms with E-state index in [2.05, 4.69) is 63.2 Å². The van der Waals surface area contributed by atoms with Gasteiger partial charge in [0.05, 0.1) is 13.2 Å². The molecule has 0 aliphatic carbocycles. The Morgan fingerprint density at radius 2 is 0.780 bits per heavy atom. The third-order valence-electron chi connectivity index (χ3n) is 8.57. The van der Waals surface area contributed by atoms with Crippen molar-refractivity contribution in [1.29, 1.82) is 0 Å². The summed E-state index contributed by atoms with van der Waals surface area (Å²) in [6.07, 6.45) is 26.8. The van der Waals surface area contributed by atoms with Gasteiger partial charge in [0.15, 0.2) is 0 Å². The second-order valence-corrected chi connectivity index (χ2v) is 12.3. The Labute approximate surface area is 252 Å². The molecule has 0 aliphatic heterocycles. The predicted octanol–water partition coefficient (Wildman–Crippen LogP) is 12.9. The lowest BCUT2D eigenvalue weighted by atomic mass is 9.99. The first-order chi connectivity index (χ1) is 20.3. The van der Waals surface area contributed by atoms with Gasteiger partial charge in [0, 0.05) is 21.5 Å². The van der Waals surface area contributed by atoms with Gasteiger partial charge in [0.1, 0.15) is 11.5 Å². The highest BCUT2D eigenvalue weighted by Crippen LogP contribution is 2.43. The van der Waals surface area contributed by atoms with E-state index >= 15 is 0 Å². The smallest absolute Gasteiger partial charge is 0.135 e. The summed E-state index contributed by atoms with van der Waals surface area (Å²) in [5.74, 6) is 2.05. The molecule has 0 saturated heterocycles. The van der Waals surface area contributed by atoms with Crippen LogP contribution in [0.15, 0.2) is 42.5 Å². The van der Waals surface area contributed by atoms with Crippen LogP contribution in [0.3, 0.4) is 0 Å². The summed E-state index contributed by atoms with van der Waals surface area (Å²) >= 11 is 0. The van der Waals surface area contributed by atoms with Crippen molar-refractivity contribution in [3.05, 3.63) is 48.0 Å².